The van der Waals surface area contributed by atoms with Gasteiger partial charge in [0.25, 0.3) is 5.22 Å². The number of hydrogen-bond donors (Lipinski definition) is 0. The molecule has 1 aromatic carbocycles. The number of rotatable bonds is 6. The molecule has 1 atom stereocenters. The van der Waals surface area contributed by atoms with Crippen LogP contribution in [-0.4, -0.2) is 26.7 Å². The van der Waals surface area contributed by atoms with E-state index < -0.39 is 5.92 Å². The van der Waals surface area contributed by atoms with Crippen molar-refractivity contribution in [1.82, 2.24) is 15.2 Å². The third-order valence-corrected chi connectivity index (χ3v) is 5.70. The summed E-state index contributed by atoms with van der Waals surface area (Å²) in [4.78, 5) is 16.6. The molecule has 1 unspecified atom stereocenters. The third-order valence-electron chi connectivity index (χ3n) is 3.83. The highest BCUT2D eigenvalue weighted by Gasteiger charge is 2.24. The van der Waals surface area contributed by atoms with Gasteiger partial charge in [-0.2, -0.15) is 5.26 Å². The third kappa shape index (κ3) is 4.00. The number of nitrogens with zero attached hydrogens (tertiary/aromatic N) is 4. The van der Waals surface area contributed by atoms with Gasteiger partial charge in [0.1, 0.15) is 5.01 Å². The Morgan fingerprint density at radius 1 is 1.31 bits per heavy atom. The van der Waals surface area contributed by atoms with Crippen LogP contribution in [0.1, 0.15) is 27.7 Å². The number of carbonyl (C=O) groups excluding carboxylic acids is 1. The number of hydrogen-bond acceptors (Lipinski definition) is 8. The molecule has 0 N–H and O–H groups in total. The van der Waals surface area contributed by atoms with Gasteiger partial charge >= 0.3 is 0 Å². The van der Waals surface area contributed by atoms with Crippen molar-refractivity contribution in [2.45, 2.75) is 31.9 Å². The maximum absolute atomic E-state index is 12.3. The highest BCUT2D eigenvalue weighted by molar-refractivity contribution is 7.99. The summed E-state index contributed by atoms with van der Waals surface area (Å²) in [5.74, 6) is -0.595. The summed E-state index contributed by atoms with van der Waals surface area (Å²) in [6.07, 6.45) is 0. The first-order chi connectivity index (χ1) is 12.5. The molecule has 0 fully saturated rings. The monoisotopic (exact) mass is 384 g/mol. The number of Topliss-reactive ketones (excluding diaryl/α,β-unsaturated/α-hetero) is 1. The molecule has 2 heterocycles. The van der Waals surface area contributed by atoms with Crippen LogP contribution in [0.2, 0.25) is 0 Å². The second kappa shape index (κ2) is 7.81. The van der Waals surface area contributed by atoms with Gasteiger partial charge in [-0.3, -0.25) is 4.79 Å². The van der Waals surface area contributed by atoms with Crippen molar-refractivity contribution in [3.8, 4) is 17.5 Å². The Balaban J connectivity index is 1.66. The Morgan fingerprint density at radius 2 is 2.12 bits per heavy atom. The van der Waals surface area contributed by atoms with Crippen LogP contribution in [0.5, 0.6) is 0 Å². The second-order valence-corrected chi connectivity index (χ2v) is 7.63. The van der Waals surface area contributed by atoms with Gasteiger partial charge in [-0.25, -0.2) is 4.98 Å². The molecule has 0 amide bonds. The van der Waals surface area contributed by atoms with E-state index in [9.17, 15) is 10.1 Å². The van der Waals surface area contributed by atoms with Crippen LogP contribution in [-0.2, 0) is 4.79 Å². The highest BCUT2D eigenvalue weighted by Crippen LogP contribution is 2.27. The van der Waals surface area contributed by atoms with E-state index >= 15 is 0 Å². The molecule has 0 aliphatic rings. The lowest BCUT2D eigenvalue weighted by Crippen LogP contribution is -2.13. The van der Waals surface area contributed by atoms with Gasteiger partial charge in [-0.1, -0.05) is 17.8 Å². The lowest BCUT2D eigenvalue weighted by Gasteiger charge is -2.03. The van der Waals surface area contributed by atoms with Crippen LogP contribution in [0.4, 0.5) is 0 Å². The summed E-state index contributed by atoms with van der Waals surface area (Å²) in [5, 5.41) is 20.0. The van der Waals surface area contributed by atoms with Crippen molar-refractivity contribution in [2.75, 3.05) is 5.75 Å². The van der Waals surface area contributed by atoms with Crippen LogP contribution in [0, 0.1) is 32.1 Å². The topological polar surface area (TPSA) is 92.7 Å². The average molecular weight is 384 g/mol. The molecule has 0 radical (unpaired) electrons. The van der Waals surface area contributed by atoms with Gasteiger partial charge in [-0.05, 0) is 44.0 Å². The second-order valence-electron chi connectivity index (χ2n) is 5.82. The Bertz CT molecular complexity index is 987. The first-order valence-electron chi connectivity index (χ1n) is 7.86. The molecular formula is C18H16N4O2S2. The standard InChI is InChI=1S/C18H16N4O2S2/c1-10-4-5-13(6-11(10)2)16-21-22-18(24-16)26-9-15(23)14(7-19)17-20-12(3)8-25-17/h4-6,8,14H,9H2,1-3H3. The summed E-state index contributed by atoms with van der Waals surface area (Å²) in [5.41, 5.74) is 3.97. The Labute approximate surface area is 159 Å². The molecule has 2 aromatic heterocycles. The molecule has 0 saturated heterocycles. The van der Waals surface area contributed by atoms with Crippen molar-refractivity contribution < 1.29 is 9.21 Å². The van der Waals surface area contributed by atoms with Crippen LogP contribution in [0.3, 0.4) is 0 Å². The van der Waals surface area contributed by atoms with Crippen molar-refractivity contribution in [3.05, 3.63) is 45.4 Å². The average Bonchev–Trinajstić information content (AvgIpc) is 3.25. The Kier molecular flexibility index (Phi) is 5.49. The van der Waals surface area contributed by atoms with Crippen molar-refractivity contribution in [3.63, 3.8) is 0 Å². The first-order valence-corrected chi connectivity index (χ1v) is 9.72. The lowest BCUT2D eigenvalue weighted by molar-refractivity contribution is -0.116. The van der Waals surface area contributed by atoms with Gasteiger partial charge in [0.15, 0.2) is 11.7 Å². The predicted molar refractivity (Wildman–Crippen MR) is 100 cm³/mol. The molecule has 26 heavy (non-hydrogen) atoms. The smallest absolute Gasteiger partial charge is 0.277 e. The molecule has 0 bridgehead atoms. The SMILES string of the molecule is Cc1csc(C(C#N)C(=O)CSc2nnc(-c3ccc(C)c(C)c3)o2)n1. The van der Waals surface area contributed by atoms with E-state index in [0.29, 0.717) is 16.1 Å². The van der Waals surface area contributed by atoms with Crippen LogP contribution < -0.4 is 0 Å². The zero-order valence-electron chi connectivity index (χ0n) is 14.5. The van der Waals surface area contributed by atoms with Crippen LogP contribution in [0.25, 0.3) is 11.5 Å². The van der Waals surface area contributed by atoms with E-state index in [1.807, 2.05) is 50.4 Å². The minimum atomic E-state index is -0.858. The minimum absolute atomic E-state index is 0.0748. The van der Waals surface area contributed by atoms with E-state index in [4.69, 9.17) is 4.42 Å². The Hall–Kier alpha value is -2.50. The zero-order valence-corrected chi connectivity index (χ0v) is 16.1. The number of thiazole rings is 1. The summed E-state index contributed by atoms with van der Waals surface area (Å²) in [6, 6.07) is 7.94. The summed E-state index contributed by atoms with van der Waals surface area (Å²) in [7, 11) is 0. The van der Waals surface area contributed by atoms with E-state index in [1.54, 1.807) is 0 Å². The molecule has 0 aliphatic heterocycles. The van der Waals surface area contributed by atoms with Gasteiger partial charge in [0.2, 0.25) is 5.89 Å². The lowest BCUT2D eigenvalue weighted by atomic mass is 10.1. The molecule has 8 heteroatoms. The maximum Gasteiger partial charge on any atom is 0.277 e. The normalized spacial score (nSPS) is 11.9. The van der Waals surface area contributed by atoms with E-state index in [2.05, 4.69) is 15.2 Å². The van der Waals surface area contributed by atoms with Crippen molar-refractivity contribution >= 4 is 28.9 Å². The van der Waals surface area contributed by atoms with E-state index in [0.717, 1.165) is 28.6 Å². The quantitative estimate of drug-likeness (QED) is 0.591. The van der Waals surface area contributed by atoms with Crippen molar-refractivity contribution in [1.29, 1.82) is 5.26 Å². The molecule has 6 nitrogen and oxygen atoms in total. The Morgan fingerprint density at radius 3 is 2.77 bits per heavy atom. The minimum Gasteiger partial charge on any atom is -0.411 e. The molecule has 3 aromatic rings. The van der Waals surface area contributed by atoms with Crippen molar-refractivity contribution in [2.24, 2.45) is 0 Å². The number of thioether (sulfide) groups is 1. The summed E-state index contributed by atoms with van der Waals surface area (Å²) >= 11 is 2.45. The van der Waals surface area contributed by atoms with Crippen LogP contribution in [0.15, 0.2) is 33.2 Å². The number of carbonyl (C=O) groups is 1. The number of nitriles is 1. The van der Waals surface area contributed by atoms with Gasteiger partial charge in [-0.15, -0.1) is 21.5 Å². The molecule has 3 rings (SSSR count). The van der Waals surface area contributed by atoms with Gasteiger partial charge in [0.05, 0.1) is 11.8 Å². The zero-order chi connectivity index (χ0) is 18.7. The number of benzene rings is 1. The number of aryl methyl sites for hydroxylation is 3. The summed E-state index contributed by atoms with van der Waals surface area (Å²) in [6.45, 7) is 5.89. The highest BCUT2D eigenvalue weighted by atomic mass is 32.2. The molecule has 0 spiro atoms. The summed E-state index contributed by atoms with van der Waals surface area (Å²) < 4.78 is 5.63. The van der Waals surface area contributed by atoms with Gasteiger partial charge in [0, 0.05) is 16.6 Å². The maximum atomic E-state index is 12.3. The molecular weight excluding hydrogens is 368 g/mol. The fraction of sp³-hybridized carbons (Fsp3) is 0.278. The largest absolute Gasteiger partial charge is 0.411 e. The molecule has 0 aliphatic carbocycles. The molecule has 132 valence electrons. The first kappa shape index (κ1) is 18.3. The van der Waals surface area contributed by atoms with E-state index in [1.165, 1.54) is 16.9 Å². The molecule has 0 saturated carbocycles. The van der Waals surface area contributed by atoms with Gasteiger partial charge < -0.3 is 4.42 Å². The van der Waals surface area contributed by atoms with E-state index in [-0.39, 0.29) is 11.5 Å². The van der Waals surface area contributed by atoms with Crippen LogP contribution >= 0.6 is 23.1 Å². The fourth-order valence-electron chi connectivity index (χ4n) is 2.25. The fourth-order valence-corrected chi connectivity index (χ4v) is 3.77. The predicted octanol–water partition coefficient (Wildman–Crippen LogP) is 4.09. The number of ketones is 1. The number of aromatic nitrogens is 3.